The molecular formula is C24H29N5S. The summed E-state index contributed by atoms with van der Waals surface area (Å²) in [5.74, 6) is 0.509. The van der Waals surface area contributed by atoms with E-state index in [0.29, 0.717) is 5.92 Å². The van der Waals surface area contributed by atoms with Crippen LogP contribution in [0.25, 0.3) is 0 Å². The number of hydrogen-bond acceptors (Lipinski definition) is 3. The predicted molar refractivity (Wildman–Crippen MR) is 124 cm³/mol. The van der Waals surface area contributed by atoms with E-state index in [1.54, 1.807) is 0 Å². The Bertz CT molecular complexity index is 1010. The highest BCUT2D eigenvalue weighted by Gasteiger charge is 2.41. The summed E-state index contributed by atoms with van der Waals surface area (Å²) >= 11 is 5.77. The second-order valence-corrected chi connectivity index (χ2v) is 8.83. The van der Waals surface area contributed by atoms with Crippen molar-refractivity contribution in [3.8, 4) is 0 Å². The molecule has 1 aliphatic heterocycles. The highest BCUT2D eigenvalue weighted by molar-refractivity contribution is 7.80. The third kappa shape index (κ3) is 3.97. The van der Waals surface area contributed by atoms with Crippen LogP contribution >= 0.6 is 12.2 Å². The van der Waals surface area contributed by atoms with Crippen molar-refractivity contribution in [1.82, 2.24) is 24.8 Å². The van der Waals surface area contributed by atoms with Crippen molar-refractivity contribution in [2.75, 3.05) is 6.54 Å². The van der Waals surface area contributed by atoms with Crippen molar-refractivity contribution in [1.29, 1.82) is 0 Å². The van der Waals surface area contributed by atoms with E-state index in [9.17, 15) is 0 Å². The summed E-state index contributed by atoms with van der Waals surface area (Å²) in [5.41, 5.74) is 6.11. The summed E-state index contributed by atoms with van der Waals surface area (Å²) < 4.78 is 2.38. The van der Waals surface area contributed by atoms with Gasteiger partial charge in [0, 0.05) is 43.1 Å². The minimum atomic E-state index is 0.0346. The fraction of sp³-hybridized carbons (Fsp3) is 0.375. The third-order valence-electron chi connectivity index (χ3n) is 5.78. The molecule has 0 saturated carbocycles. The Morgan fingerprint density at radius 2 is 1.87 bits per heavy atom. The van der Waals surface area contributed by atoms with Crippen LogP contribution in [0.2, 0.25) is 0 Å². The Balaban J connectivity index is 1.76. The SMILES string of the molecule is Cc1cc([C@@H]2[C@@H](c3ccccn3)NC(=S)N2CC(C)C)c(C)n1Cc1ccncc1. The molecule has 0 aromatic carbocycles. The quantitative estimate of drug-likeness (QED) is 0.593. The first-order chi connectivity index (χ1) is 14.5. The van der Waals surface area contributed by atoms with Crippen molar-refractivity contribution in [3.63, 3.8) is 0 Å². The molecular weight excluding hydrogens is 390 g/mol. The number of aromatic nitrogens is 3. The first-order valence-corrected chi connectivity index (χ1v) is 10.9. The van der Waals surface area contributed by atoms with E-state index in [2.05, 4.69) is 76.7 Å². The van der Waals surface area contributed by atoms with Crippen LogP contribution in [0.1, 0.15) is 54.1 Å². The maximum absolute atomic E-state index is 5.77. The number of nitrogens with one attached hydrogen (secondary N) is 1. The number of hydrogen-bond donors (Lipinski definition) is 1. The topological polar surface area (TPSA) is 46.0 Å². The molecule has 4 rings (SSSR count). The van der Waals surface area contributed by atoms with E-state index in [1.165, 1.54) is 22.5 Å². The second-order valence-electron chi connectivity index (χ2n) is 8.44. The van der Waals surface area contributed by atoms with Crippen LogP contribution in [-0.2, 0) is 6.54 Å². The predicted octanol–water partition coefficient (Wildman–Crippen LogP) is 4.57. The Morgan fingerprint density at radius 1 is 1.10 bits per heavy atom. The van der Waals surface area contributed by atoms with E-state index in [1.807, 2.05) is 30.7 Å². The summed E-state index contributed by atoms with van der Waals surface area (Å²) in [6, 6.07) is 12.7. The van der Waals surface area contributed by atoms with Gasteiger partial charge in [-0.15, -0.1) is 0 Å². The summed E-state index contributed by atoms with van der Waals surface area (Å²) in [4.78, 5) is 11.1. The van der Waals surface area contributed by atoms with Gasteiger partial charge >= 0.3 is 0 Å². The summed E-state index contributed by atoms with van der Waals surface area (Å²) in [5, 5.41) is 4.37. The lowest BCUT2D eigenvalue weighted by Gasteiger charge is -2.29. The van der Waals surface area contributed by atoms with Gasteiger partial charge in [0.15, 0.2) is 5.11 Å². The lowest BCUT2D eigenvalue weighted by Crippen LogP contribution is -2.33. The van der Waals surface area contributed by atoms with Gasteiger partial charge in [0.25, 0.3) is 0 Å². The van der Waals surface area contributed by atoms with E-state index < -0.39 is 0 Å². The molecule has 6 heteroatoms. The highest BCUT2D eigenvalue weighted by Crippen LogP contribution is 2.41. The molecule has 2 atom stereocenters. The minimum absolute atomic E-state index is 0.0346. The molecule has 0 amide bonds. The average molecular weight is 420 g/mol. The number of nitrogens with zero attached hydrogens (tertiary/aromatic N) is 4. The van der Waals surface area contributed by atoms with Gasteiger partial charge < -0.3 is 14.8 Å². The zero-order valence-corrected chi connectivity index (χ0v) is 18.9. The minimum Gasteiger partial charge on any atom is -0.352 e. The van der Waals surface area contributed by atoms with Crippen LogP contribution in [0.4, 0.5) is 0 Å². The molecule has 4 heterocycles. The molecule has 1 aliphatic rings. The van der Waals surface area contributed by atoms with Crippen molar-refractivity contribution < 1.29 is 0 Å². The zero-order chi connectivity index (χ0) is 21.3. The van der Waals surface area contributed by atoms with Crippen LogP contribution in [0.5, 0.6) is 0 Å². The fourth-order valence-corrected chi connectivity index (χ4v) is 4.69. The molecule has 0 aliphatic carbocycles. The number of aryl methyl sites for hydroxylation is 1. The smallest absolute Gasteiger partial charge is 0.170 e. The van der Waals surface area contributed by atoms with Crippen molar-refractivity contribution in [2.24, 2.45) is 5.92 Å². The van der Waals surface area contributed by atoms with Crippen LogP contribution in [0, 0.1) is 19.8 Å². The maximum Gasteiger partial charge on any atom is 0.170 e. The molecule has 30 heavy (non-hydrogen) atoms. The maximum atomic E-state index is 5.77. The van der Waals surface area contributed by atoms with Crippen molar-refractivity contribution in [3.05, 3.63) is 83.2 Å². The largest absolute Gasteiger partial charge is 0.352 e. The highest BCUT2D eigenvalue weighted by atomic mass is 32.1. The van der Waals surface area contributed by atoms with Crippen LogP contribution < -0.4 is 5.32 Å². The van der Waals surface area contributed by atoms with Crippen LogP contribution in [0.3, 0.4) is 0 Å². The van der Waals surface area contributed by atoms with Crippen molar-refractivity contribution in [2.45, 2.75) is 46.3 Å². The van der Waals surface area contributed by atoms with Crippen LogP contribution in [0.15, 0.2) is 55.0 Å². The number of thiocarbonyl (C=S) groups is 1. The van der Waals surface area contributed by atoms with Gasteiger partial charge in [-0.05, 0) is 73.4 Å². The fourth-order valence-electron chi connectivity index (χ4n) is 4.38. The van der Waals surface area contributed by atoms with Crippen LogP contribution in [-0.4, -0.2) is 31.1 Å². The normalized spacial score (nSPS) is 18.8. The molecule has 3 aromatic heterocycles. The Hall–Kier alpha value is -2.73. The molecule has 0 radical (unpaired) electrons. The summed E-state index contributed by atoms with van der Waals surface area (Å²) in [6.45, 7) is 10.6. The van der Waals surface area contributed by atoms with E-state index in [4.69, 9.17) is 12.2 Å². The molecule has 5 nitrogen and oxygen atoms in total. The third-order valence-corrected chi connectivity index (χ3v) is 6.13. The first kappa shape index (κ1) is 20.5. The standard InChI is InChI=1S/C24H29N5S/c1-16(2)14-29-23(22(27-24(29)30)21-7-5-6-10-26-21)20-13-17(3)28(18(20)4)15-19-8-11-25-12-9-19/h5-13,16,22-23H,14-15H2,1-4H3,(H,27,30)/t22-,23-/m1/s1. The number of rotatable bonds is 6. The Morgan fingerprint density at radius 3 is 2.53 bits per heavy atom. The first-order valence-electron chi connectivity index (χ1n) is 10.5. The lowest BCUT2D eigenvalue weighted by molar-refractivity contribution is 0.286. The molecule has 0 unspecified atom stereocenters. The van der Waals surface area contributed by atoms with Gasteiger partial charge in [0.05, 0.1) is 17.8 Å². The molecule has 0 bridgehead atoms. The molecule has 1 N–H and O–H groups in total. The van der Waals surface area contributed by atoms with Gasteiger partial charge in [-0.3, -0.25) is 9.97 Å². The van der Waals surface area contributed by atoms with Crippen molar-refractivity contribution >= 4 is 17.3 Å². The monoisotopic (exact) mass is 419 g/mol. The van der Waals surface area contributed by atoms with E-state index in [-0.39, 0.29) is 12.1 Å². The Kier molecular flexibility index (Phi) is 5.86. The molecule has 3 aromatic rings. The van der Waals surface area contributed by atoms with Gasteiger partial charge in [-0.1, -0.05) is 19.9 Å². The average Bonchev–Trinajstić information content (AvgIpc) is 3.20. The molecule has 1 fully saturated rings. The second kappa shape index (κ2) is 8.56. The van der Waals surface area contributed by atoms with Gasteiger partial charge in [-0.25, -0.2) is 0 Å². The molecule has 156 valence electrons. The van der Waals surface area contributed by atoms with Gasteiger partial charge in [-0.2, -0.15) is 0 Å². The molecule has 0 spiro atoms. The number of pyridine rings is 2. The summed E-state index contributed by atoms with van der Waals surface area (Å²) in [6.07, 6.45) is 5.56. The van der Waals surface area contributed by atoms with E-state index >= 15 is 0 Å². The van der Waals surface area contributed by atoms with E-state index in [0.717, 1.165) is 23.9 Å². The van der Waals surface area contributed by atoms with Gasteiger partial charge in [0.2, 0.25) is 0 Å². The summed E-state index contributed by atoms with van der Waals surface area (Å²) in [7, 11) is 0. The van der Waals surface area contributed by atoms with Gasteiger partial charge in [0.1, 0.15) is 0 Å². The lowest BCUT2D eigenvalue weighted by atomic mass is 9.96. The zero-order valence-electron chi connectivity index (χ0n) is 18.0. The molecule has 1 saturated heterocycles. The Labute approximate surface area is 184 Å².